The van der Waals surface area contributed by atoms with Crippen molar-refractivity contribution in [1.82, 2.24) is 9.97 Å². The van der Waals surface area contributed by atoms with Crippen LogP contribution >= 0.6 is 0 Å². The molecule has 1 heterocycles. The average molecular weight is 237 g/mol. The molecule has 0 aliphatic rings. The van der Waals surface area contributed by atoms with Gasteiger partial charge < -0.3 is 10.7 Å². The standard InChI is InChI=1S/C15H15N3/c16-10-12-7-4-8-13-15(12)18-14(17-13)9-11-5-2-1-3-6-11/h1-8H,9-10,16H2,(H,17,18). The van der Waals surface area contributed by atoms with Crippen molar-refractivity contribution in [3.8, 4) is 0 Å². The third-order valence-electron chi connectivity index (χ3n) is 3.08. The van der Waals surface area contributed by atoms with E-state index in [2.05, 4.69) is 22.1 Å². The van der Waals surface area contributed by atoms with Gasteiger partial charge in [-0.05, 0) is 17.2 Å². The molecular formula is C15H15N3. The van der Waals surface area contributed by atoms with Crippen molar-refractivity contribution in [2.24, 2.45) is 5.73 Å². The average Bonchev–Trinajstić information content (AvgIpc) is 2.82. The molecule has 3 nitrogen and oxygen atoms in total. The second-order valence-corrected chi connectivity index (χ2v) is 4.36. The summed E-state index contributed by atoms with van der Waals surface area (Å²) in [6, 6.07) is 16.4. The Morgan fingerprint density at radius 3 is 2.61 bits per heavy atom. The quantitative estimate of drug-likeness (QED) is 0.735. The summed E-state index contributed by atoms with van der Waals surface area (Å²) in [6.45, 7) is 0.521. The van der Waals surface area contributed by atoms with Crippen LogP contribution in [-0.4, -0.2) is 9.97 Å². The van der Waals surface area contributed by atoms with Crippen LogP contribution < -0.4 is 5.73 Å². The molecule has 0 radical (unpaired) electrons. The lowest BCUT2D eigenvalue weighted by Gasteiger charge is -1.96. The lowest BCUT2D eigenvalue weighted by Crippen LogP contribution is -1.96. The van der Waals surface area contributed by atoms with Gasteiger partial charge in [0.25, 0.3) is 0 Å². The van der Waals surface area contributed by atoms with Crippen LogP contribution in [0.2, 0.25) is 0 Å². The van der Waals surface area contributed by atoms with Crippen molar-refractivity contribution in [2.75, 3.05) is 0 Å². The smallest absolute Gasteiger partial charge is 0.111 e. The zero-order chi connectivity index (χ0) is 12.4. The molecular weight excluding hydrogens is 222 g/mol. The molecule has 0 bridgehead atoms. The zero-order valence-electron chi connectivity index (χ0n) is 10.1. The van der Waals surface area contributed by atoms with E-state index in [4.69, 9.17) is 5.73 Å². The van der Waals surface area contributed by atoms with E-state index in [1.165, 1.54) is 5.56 Å². The van der Waals surface area contributed by atoms with Crippen LogP contribution in [0.1, 0.15) is 17.0 Å². The van der Waals surface area contributed by atoms with Gasteiger partial charge in [-0.1, -0.05) is 42.5 Å². The first kappa shape index (κ1) is 11.0. The number of fused-ring (bicyclic) bond motifs is 1. The molecule has 0 saturated heterocycles. The van der Waals surface area contributed by atoms with E-state index in [-0.39, 0.29) is 0 Å². The molecule has 3 N–H and O–H groups in total. The highest BCUT2D eigenvalue weighted by Crippen LogP contribution is 2.17. The number of hydrogen-bond donors (Lipinski definition) is 2. The van der Waals surface area contributed by atoms with Gasteiger partial charge in [0.15, 0.2) is 0 Å². The highest BCUT2D eigenvalue weighted by Gasteiger charge is 2.06. The molecule has 0 unspecified atom stereocenters. The van der Waals surface area contributed by atoms with Gasteiger partial charge in [-0.2, -0.15) is 0 Å². The van der Waals surface area contributed by atoms with Gasteiger partial charge in [0.2, 0.25) is 0 Å². The van der Waals surface area contributed by atoms with E-state index in [0.29, 0.717) is 6.54 Å². The second-order valence-electron chi connectivity index (χ2n) is 4.36. The molecule has 90 valence electrons. The normalized spacial score (nSPS) is 10.9. The van der Waals surface area contributed by atoms with E-state index in [1.54, 1.807) is 0 Å². The van der Waals surface area contributed by atoms with Gasteiger partial charge in [0, 0.05) is 13.0 Å². The van der Waals surface area contributed by atoms with E-state index in [9.17, 15) is 0 Å². The topological polar surface area (TPSA) is 54.7 Å². The Morgan fingerprint density at radius 2 is 1.83 bits per heavy atom. The summed E-state index contributed by atoms with van der Waals surface area (Å²) in [5, 5.41) is 0. The van der Waals surface area contributed by atoms with Crippen molar-refractivity contribution in [2.45, 2.75) is 13.0 Å². The van der Waals surface area contributed by atoms with E-state index >= 15 is 0 Å². The first-order valence-corrected chi connectivity index (χ1v) is 6.07. The first-order valence-electron chi connectivity index (χ1n) is 6.07. The van der Waals surface area contributed by atoms with Crippen LogP contribution in [0.4, 0.5) is 0 Å². The minimum atomic E-state index is 0.521. The Kier molecular flexibility index (Phi) is 2.82. The minimum absolute atomic E-state index is 0.521. The monoisotopic (exact) mass is 237 g/mol. The number of aromatic nitrogens is 2. The molecule has 0 fully saturated rings. The Morgan fingerprint density at radius 1 is 1.00 bits per heavy atom. The molecule has 1 aromatic heterocycles. The van der Waals surface area contributed by atoms with E-state index < -0.39 is 0 Å². The van der Waals surface area contributed by atoms with Crippen LogP contribution in [0.15, 0.2) is 48.5 Å². The number of rotatable bonds is 3. The van der Waals surface area contributed by atoms with E-state index in [0.717, 1.165) is 28.8 Å². The predicted octanol–water partition coefficient (Wildman–Crippen LogP) is 2.61. The molecule has 0 spiro atoms. The third kappa shape index (κ3) is 2.00. The molecule has 3 rings (SSSR count). The van der Waals surface area contributed by atoms with Crippen molar-refractivity contribution in [1.29, 1.82) is 0 Å². The first-order chi connectivity index (χ1) is 8.86. The number of para-hydroxylation sites is 1. The van der Waals surface area contributed by atoms with Gasteiger partial charge in [-0.25, -0.2) is 4.98 Å². The number of benzene rings is 2. The highest BCUT2D eigenvalue weighted by atomic mass is 14.9. The van der Waals surface area contributed by atoms with Crippen molar-refractivity contribution in [3.63, 3.8) is 0 Å². The predicted molar refractivity (Wildman–Crippen MR) is 73.2 cm³/mol. The summed E-state index contributed by atoms with van der Waals surface area (Å²) in [4.78, 5) is 8.00. The summed E-state index contributed by atoms with van der Waals surface area (Å²) < 4.78 is 0. The fourth-order valence-corrected chi connectivity index (χ4v) is 2.18. The number of imidazole rings is 1. The van der Waals surface area contributed by atoms with Crippen LogP contribution in [0.25, 0.3) is 11.0 Å². The number of hydrogen-bond acceptors (Lipinski definition) is 2. The maximum absolute atomic E-state index is 5.72. The van der Waals surface area contributed by atoms with Gasteiger partial charge in [-0.15, -0.1) is 0 Å². The zero-order valence-corrected chi connectivity index (χ0v) is 10.1. The molecule has 3 heteroatoms. The fraction of sp³-hybridized carbons (Fsp3) is 0.133. The number of nitrogens with zero attached hydrogens (tertiary/aromatic N) is 1. The Bertz CT molecular complexity index is 656. The Hall–Kier alpha value is -2.13. The molecule has 0 aliphatic heterocycles. The molecule has 18 heavy (non-hydrogen) atoms. The maximum atomic E-state index is 5.72. The largest absolute Gasteiger partial charge is 0.342 e. The third-order valence-corrected chi connectivity index (χ3v) is 3.08. The van der Waals surface area contributed by atoms with Gasteiger partial charge in [0.1, 0.15) is 5.82 Å². The van der Waals surface area contributed by atoms with Crippen molar-refractivity contribution >= 4 is 11.0 Å². The van der Waals surface area contributed by atoms with Crippen LogP contribution in [-0.2, 0) is 13.0 Å². The van der Waals surface area contributed by atoms with Gasteiger partial charge >= 0.3 is 0 Å². The van der Waals surface area contributed by atoms with Gasteiger partial charge in [0.05, 0.1) is 11.0 Å². The molecule has 0 saturated carbocycles. The lowest BCUT2D eigenvalue weighted by molar-refractivity contribution is 1.03. The minimum Gasteiger partial charge on any atom is -0.342 e. The summed E-state index contributed by atoms with van der Waals surface area (Å²) in [5.74, 6) is 0.983. The number of nitrogens with one attached hydrogen (secondary N) is 1. The summed E-state index contributed by atoms with van der Waals surface area (Å²) in [6.07, 6.45) is 0.819. The summed E-state index contributed by atoms with van der Waals surface area (Å²) >= 11 is 0. The number of aromatic amines is 1. The van der Waals surface area contributed by atoms with Crippen LogP contribution in [0.5, 0.6) is 0 Å². The molecule has 0 amide bonds. The Balaban J connectivity index is 1.99. The molecule has 3 aromatic rings. The molecule has 0 aliphatic carbocycles. The molecule has 0 atom stereocenters. The number of nitrogens with two attached hydrogens (primary N) is 1. The fourth-order valence-electron chi connectivity index (χ4n) is 2.18. The second kappa shape index (κ2) is 4.63. The van der Waals surface area contributed by atoms with Gasteiger partial charge in [-0.3, -0.25) is 0 Å². The van der Waals surface area contributed by atoms with Crippen molar-refractivity contribution < 1.29 is 0 Å². The maximum Gasteiger partial charge on any atom is 0.111 e. The summed E-state index contributed by atoms with van der Waals surface area (Å²) in [7, 11) is 0. The Labute approximate surface area is 106 Å². The SMILES string of the molecule is NCc1cccc2[nH]c(Cc3ccccc3)nc12. The van der Waals surface area contributed by atoms with Crippen LogP contribution in [0.3, 0.4) is 0 Å². The van der Waals surface area contributed by atoms with E-state index in [1.807, 2.05) is 36.4 Å². The molecule has 2 aromatic carbocycles. The number of H-pyrrole nitrogens is 1. The lowest BCUT2D eigenvalue weighted by atomic mass is 10.1. The summed E-state index contributed by atoms with van der Waals surface area (Å²) in [5.41, 5.74) is 10.1. The highest BCUT2D eigenvalue weighted by molar-refractivity contribution is 5.78. The van der Waals surface area contributed by atoms with Crippen molar-refractivity contribution in [3.05, 3.63) is 65.5 Å². The van der Waals surface area contributed by atoms with Crippen LogP contribution in [0, 0.1) is 0 Å².